The van der Waals surface area contributed by atoms with Gasteiger partial charge in [0.05, 0.1) is 0 Å². The summed E-state index contributed by atoms with van der Waals surface area (Å²) in [7, 11) is 0. The van der Waals surface area contributed by atoms with Gasteiger partial charge in [-0.25, -0.2) is 4.39 Å². The molecule has 0 aromatic carbocycles. The van der Waals surface area contributed by atoms with E-state index in [1.807, 2.05) is 0 Å². The number of nitrogens with one attached hydrogen (secondary N) is 1. The molecule has 0 amide bonds. The minimum atomic E-state index is -0.886. The maximum Gasteiger partial charge on any atom is 0.123 e. The molecule has 0 unspecified atom stereocenters. The van der Waals surface area contributed by atoms with E-state index in [1.165, 1.54) is 0 Å². The van der Waals surface area contributed by atoms with Crippen molar-refractivity contribution in [3.8, 4) is 0 Å². The van der Waals surface area contributed by atoms with Gasteiger partial charge < -0.3 is 10.4 Å². The Balaban J connectivity index is 1.61. The van der Waals surface area contributed by atoms with Gasteiger partial charge >= 0.3 is 0 Å². The van der Waals surface area contributed by atoms with Crippen LogP contribution in [0.1, 0.15) is 19.3 Å². The van der Waals surface area contributed by atoms with Gasteiger partial charge in [-0.15, -0.1) is 0 Å². The van der Waals surface area contributed by atoms with Gasteiger partial charge in [0.25, 0.3) is 0 Å². The zero-order chi connectivity index (χ0) is 7.90. The zero-order valence-electron chi connectivity index (χ0n) is 6.52. The van der Waals surface area contributed by atoms with Gasteiger partial charge in [-0.05, 0) is 25.2 Å². The molecule has 2 rings (SSSR count). The van der Waals surface area contributed by atoms with Crippen LogP contribution in [0, 0.1) is 5.92 Å². The highest BCUT2D eigenvalue weighted by Gasteiger charge is 2.45. The lowest BCUT2D eigenvalue weighted by Crippen LogP contribution is -2.28. The highest BCUT2D eigenvalue weighted by molar-refractivity contribution is 5.00. The standard InChI is InChI=1S/C8H14FNO/c9-8(1-2-8)5-10-7-3-6(7)4-11/h6-7,10-11H,1-5H2/t6-,7+/m0/s1. The Morgan fingerprint density at radius 3 is 2.73 bits per heavy atom. The van der Waals surface area contributed by atoms with Gasteiger partial charge in [-0.1, -0.05) is 0 Å². The van der Waals surface area contributed by atoms with Gasteiger partial charge in [0.15, 0.2) is 0 Å². The largest absolute Gasteiger partial charge is 0.396 e. The van der Waals surface area contributed by atoms with Gasteiger partial charge in [0.2, 0.25) is 0 Å². The number of alkyl halides is 1. The summed E-state index contributed by atoms with van der Waals surface area (Å²) in [4.78, 5) is 0. The molecule has 0 aliphatic heterocycles. The third kappa shape index (κ3) is 1.71. The summed E-state index contributed by atoms with van der Waals surface area (Å²) < 4.78 is 13.0. The molecule has 0 bridgehead atoms. The first-order chi connectivity index (χ1) is 5.23. The molecule has 0 saturated heterocycles. The second-order valence-corrected chi connectivity index (χ2v) is 3.82. The molecular weight excluding hydrogens is 145 g/mol. The molecule has 0 heterocycles. The lowest BCUT2D eigenvalue weighted by atomic mass is 10.3. The molecule has 2 fully saturated rings. The minimum Gasteiger partial charge on any atom is -0.396 e. The minimum absolute atomic E-state index is 0.247. The number of aliphatic hydroxyl groups excluding tert-OH is 1. The molecule has 0 aromatic heterocycles. The topological polar surface area (TPSA) is 32.3 Å². The monoisotopic (exact) mass is 159 g/mol. The summed E-state index contributed by atoms with van der Waals surface area (Å²) in [6.07, 6.45) is 2.46. The molecule has 3 heteroatoms. The van der Waals surface area contributed by atoms with E-state index in [4.69, 9.17) is 5.11 Å². The molecule has 64 valence electrons. The van der Waals surface area contributed by atoms with Crippen molar-refractivity contribution in [3.05, 3.63) is 0 Å². The molecule has 2 aliphatic rings. The van der Waals surface area contributed by atoms with Crippen LogP contribution in [0.2, 0.25) is 0 Å². The van der Waals surface area contributed by atoms with Crippen molar-refractivity contribution in [2.24, 2.45) is 5.92 Å². The average Bonchev–Trinajstić information content (AvgIpc) is 2.83. The van der Waals surface area contributed by atoms with Crippen molar-refractivity contribution in [1.29, 1.82) is 0 Å². The van der Waals surface area contributed by atoms with E-state index in [1.54, 1.807) is 0 Å². The average molecular weight is 159 g/mol. The first-order valence-electron chi connectivity index (χ1n) is 4.27. The molecule has 0 aromatic rings. The van der Waals surface area contributed by atoms with Crippen molar-refractivity contribution >= 4 is 0 Å². The van der Waals surface area contributed by atoms with E-state index < -0.39 is 5.67 Å². The summed E-state index contributed by atoms with van der Waals surface area (Å²) >= 11 is 0. The summed E-state index contributed by atoms with van der Waals surface area (Å²) in [5.74, 6) is 0.400. The first-order valence-corrected chi connectivity index (χ1v) is 4.27. The SMILES string of the molecule is OC[C@@H]1C[C@H]1NCC1(F)CC1. The van der Waals surface area contributed by atoms with Crippen LogP contribution in [0.25, 0.3) is 0 Å². The fourth-order valence-corrected chi connectivity index (χ4v) is 1.33. The van der Waals surface area contributed by atoms with Crippen molar-refractivity contribution in [2.75, 3.05) is 13.2 Å². The lowest BCUT2D eigenvalue weighted by molar-refractivity contribution is 0.261. The van der Waals surface area contributed by atoms with Gasteiger partial charge in [-0.2, -0.15) is 0 Å². The number of hydrogen-bond donors (Lipinski definition) is 2. The van der Waals surface area contributed by atoms with Gasteiger partial charge in [-0.3, -0.25) is 0 Å². The molecule has 2 N–H and O–H groups in total. The molecule has 0 spiro atoms. The van der Waals surface area contributed by atoms with Crippen LogP contribution < -0.4 is 5.32 Å². The maximum atomic E-state index is 13.0. The van der Waals surface area contributed by atoms with Crippen molar-refractivity contribution < 1.29 is 9.50 Å². The Hall–Kier alpha value is -0.150. The van der Waals surface area contributed by atoms with Crippen LogP contribution in [0.4, 0.5) is 4.39 Å². The van der Waals surface area contributed by atoms with Crippen LogP contribution in [0.5, 0.6) is 0 Å². The van der Waals surface area contributed by atoms with Crippen molar-refractivity contribution in [1.82, 2.24) is 5.32 Å². The van der Waals surface area contributed by atoms with Crippen LogP contribution in [-0.2, 0) is 0 Å². The second-order valence-electron chi connectivity index (χ2n) is 3.82. The summed E-state index contributed by atoms with van der Waals surface area (Å²) in [5.41, 5.74) is -0.886. The first kappa shape index (κ1) is 7.50. The number of halogens is 1. The number of aliphatic hydroxyl groups is 1. The Morgan fingerprint density at radius 2 is 2.27 bits per heavy atom. The molecule has 11 heavy (non-hydrogen) atoms. The second kappa shape index (κ2) is 2.42. The molecule has 0 radical (unpaired) electrons. The van der Waals surface area contributed by atoms with Crippen LogP contribution >= 0.6 is 0 Å². The highest BCUT2D eigenvalue weighted by Crippen LogP contribution is 2.40. The molecule has 2 aliphatic carbocycles. The smallest absolute Gasteiger partial charge is 0.123 e. The van der Waals surface area contributed by atoms with Crippen molar-refractivity contribution in [3.63, 3.8) is 0 Å². The Bertz CT molecular complexity index is 158. The molecular formula is C8H14FNO. The van der Waals surface area contributed by atoms with Gasteiger partial charge in [0.1, 0.15) is 5.67 Å². The highest BCUT2D eigenvalue weighted by atomic mass is 19.1. The van der Waals surface area contributed by atoms with E-state index in [0.29, 0.717) is 18.5 Å². The Kier molecular flexibility index (Phi) is 1.65. The zero-order valence-corrected chi connectivity index (χ0v) is 6.52. The van der Waals surface area contributed by atoms with E-state index in [9.17, 15) is 4.39 Å². The van der Waals surface area contributed by atoms with Crippen LogP contribution in [0.15, 0.2) is 0 Å². The van der Waals surface area contributed by atoms with E-state index >= 15 is 0 Å². The fourth-order valence-electron chi connectivity index (χ4n) is 1.33. The van der Waals surface area contributed by atoms with Crippen molar-refractivity contribution in [2.45, 2.75) is 31.0 Å². The maximum absolute atomic E-state index is 13.0. The quantitative estimate of drug-likeness (QED) is 0.624. The van der Waals surface area contributed by atoms with E-state index in [2.05, 4.69) is 5.32 Å². The fraction of sp³-hybridized carbons (Fsp3) is 1.00. The van der Waals surface area contributed by atoms with E-state index in [-0.39, 0.29) is 6.61 Å². The molecule has 2 saturated carbocycles. The third-order valence-electron chi connectivity index (χ3n) is 2.63. The third-order valence-corrected chi connectivity index (χ3v) is 2.63. The molecule has 2 nitrogen and oxygen atoms in total. The number of rotatable bonds is 4. The molecule has 2 atom stereocenters. The predicted molar refractivity (Wildman–Crippen MR) is 40.1 cm³/mol. The Morgan fingerprint density at radius 1 is 1.55 bits per heavy atom. The van der Waals surface area contributed by atoms with Gasteiger partial charge in [0, 0.05) is 19.2 Å². The summed E-state index contributed by atoms with van der Waals surface area (Å²) in [5, 5.41) is 11.8. The predicted octanol–water partition coefficient (Wildman–Crippen LogP) is 0.459. The number of hydrogen-bond acceptors (Lipinski definition) is 2. The summed E-state index contributed by atoms with van der Waals surface area (Å²) in [6, 6.07) is 0.397. The van der Waals surface area contributed by atoms with Crippen LogP contribution in [0.3, 0.4) is 0 Å². The normalized spacial score (nSPS) is 38.7. The Labute approximate surface area is 65.8 Å². The lowest BCUT2D eigenvalue weighted by Gasteiger charge is -2.05. The van der Waals surface area contributed by atoms with E-state index in [0.717, 1.165) is 19.3 Å². The summed E-state index contributed by atoms with van der Waals surface area (Å²) in [6.45, 7) is 0.741. The van der Waals surface area contributed by atoms with Crippen LogP contribution in [-0.4, -0.2) is 30.0 Å².